The zero-order valence-electron chi connectivity index (χ0n) is 10.1. The Morgan fingerprint density at radius 3 is 2.83 bits per heavy atom. The van der Waals surface area contributed by atoms with Crippen LogP contribution in [0.25, 0.3) is 0 Å². The fourth-order valence-electron chi connectivity index (χ4n) is 1.99. The van der Waals surface area contributed by atoms with Crippen molar-refractivity contribution in [1.29, 1.82) is 0 Å². The van der Waals surface area contributed by atoms with Crippen LogP contribution in [0.1, 0.15) is 29.0 Å². The lowest BCUT2D eigenvalue weighted by Crippen LogP contribution is -2.14. The summed E-state index contributed by atoms with van der Waals surface area (Å²) in [5.74, 6) is -0.246. The molecular formula is C14H15ClFNS. The first kappa shape index (κ1) is 13.5. The van der Waals surface area contributed by atoms with Gasteiger partial charge in [-0.05, 0) is 53.6 Å². The number of hydrogen-bond acceptors (Lipinski definition) is 2. The van der Waals surface area contributed by atoms with Gasteiger partial charge in [-0.15, -0.1) is 11.3 Å². The smallest absolute Gasteiger partial charge is 0.126 e. The standard InChI is InChI=1S/C14H15ClFNS/c1-2-9-5-6-18-14(9)13(17)8-10-7-11(15)3-4-12(10)16/h3-7,13H,2,8,17H2,1H3. The van der Waals surface area contributed by atoms with Crippen LogP contribution < -0.4 is 5.73 Å². The predicted molar refractivity (Wildman–Crippen MR) is 75.7 cm³/mol. The number of nitrogens with two attached hydrogens (primary N) is 1. The van der Waals surface area contributed by atoms with Crippen LogP contribution in [-0.4, -0.2) is 0 Å². The maximum atomic E-state index is 13.6. The molecular weight excluding hydrogens is 269 g/mol. The fourth-order valence-corrected chi connectivity index (χ4v) is 3.19. The van der Waals surface area contributed by atoms with E-state index in [1.165, 1.54) is 11.6 Å². The van der Waals surface area contributed by atoms with E-state index in [-0.39, 0.29) is 11.9 Å². The molecule has 18 heavy (non-hydrogen) atoms. The van der Waals surface area contributed by atoms with Crippen LogP contribution in [0.15, 0.2) is 29.6 Å². The topological polar surface area (TPSA) is 26.0 Å². The first-order chi connectivity index (χ1) is 8.61. The molecule has 1 nitrogen and oxygen atoms in total. The number of benzene rings is 1. The van der Waals surface area contributed by atoms with E-state index in [0.717, 1.165) is 11.3 Å². The Morgan fingerprint density at radius 1 is 1.33 bits per heavy atom. The second kappa shape index (κ2) is 5.83. The first-order valence-corrected chi connectivity index (χ1v) is 7.13. The second-order valence-corrected chi connectivity index (χ2v) is 5.59. The molecule has 2 aromatic rings. The van der Waals surface area contributed by atoms with E-state index in [1.807, 2.05) is 5.38 Å². The number of hydrogen-bond donors (Lipinski definition) is 1. The normalized spacial score (nSPS) is 12.7. The fraction of sp³-hybridized carbons (Fsp3) is 0.286. The van der Waals surface area contributed by atoms with E-state index in [4.69, 9.17) is 17.3 Å². The highest BCUT2D eigenvalue weighted by Gasteiger charge is 2.14. The number of thiophene rings is 1. The Morgan fingerprint density at radius 2 is 2.11 bits per heavy atom. The van der Waals surface area contributed by atoms with Gasteiger partial charge in [0, 0.05) is 15.9 Å². The summed E-state index contributed by atoms with van der Waals surface area (Å²) in [5, 5.41) is 2.57. The van der Waals surface area contributed by atoms with Crippen molar-refractivity contribution in [3.8, 4) is 0 Å². The summed E-state index contributed by atoms with van der Waals surface area (Å²) in [6, 6.07) is 6.49. The monoisotopic (exact) mass is 283 g/mol. The molecule has 0 aliphatic rings. The van der Waals surface area contributed by atoms with Gasteiger partial charge in [-0.1, -0.05) is 18.5 Å². The van der Waals surface area contributed by atoms with Crippen molar-refractivity contribution in [1.82, 2.24) is 0 Å². The molecule has 2 rings (SSSR count). The Hall–Kier alpha value is -0.900. The molecule has 0 aliphatic heterocycles. The molecule has 1 aromatic heterocycles. The molecule has 0 fully saturated rings. The third-order valence-corrected chi connectivity index (χ3v) is 4.27. The Labute approximate surface area is 115 Å². The van der Waals surface area contributed by atoms with Gasteiger partial charge >= 0.3 is 0 Å². The summed E-state index contributed by atoms with van der Waals surface area (Å²) in [5.41, 5.74) is 7.99. The lowest BCUT2D eigenvalue weighted by Gasteiger charge is -2.13. The van der Waals surface area contributed by atoms with Gasteiger partial charge in [0.15, 0.2) is 0 Å². The lowest BCUT2D eigenvalue weighted by molar-refractivity contribution is 0.594. The predicted octanol–water partition coefficient (Wildman–Crippen LogP) is 4.35. The SMILES string of the molecule is CCc1ccsc1C(N)Cc1cc(Cl)ccc1F. The van der Waals surface area contributed by atoms with Gasteiger partial charge in [-0.25, -0.2) is 4.39 Å². The van der Waals surface area contributed by atoms with Crippen LogP contribution >= 0.6 is 22.9 Å². The van der Waals surface area contributed by atoms with Crippen LogP contribution in [0.3, 0.4) is 0 Å². The van der Waals surface area contributed by atoms with Gasteiger partial charge in [0.05, 0.1) is 0 Å². The van der Waals surface area contributed by atoms with Crippen molar-refractivity contribution in [2.75, 3.05) is 0 Å². The van der Waals surface area contributed by atoms with Gasteiger partial charge in [0.1, 0.15) is 5.82 Å². The van der Waals surface area contributed by atoms with E-state index >= 15 is 0 Å². The molecule has 4 heteroatoms. The van der Waals surface area contributed by atoms with Crippen LogP contribution in [0.4, 0.5) is 4.39 Å². The molecule has 1 aromatic carbocycles. The summed E-state index contributed by atoms with van der Waals surface area (Å²) in [7, 11) is 0. The minimum absolute atomic E-state index is 0.173. The largest absolute Gasteiger partial charge is 0.323 e. The maximum absolute atomic E-state index is 13.6. The lowest BCUT2D eigenvalue weighted by atomic mass is 10.0. The van der Waals surface area contributed by atoms with Crippen molar-refractivity contribution in [3.05, 3.63) is 56.5 Å². The Balaban J connectivity index is 2.21. The van der Waals surface area contributed by atoms with Gasteiger partial charge in [-0.3, -0.25) is 0 Å². The molecule has 1 heterocycles. The summed E-state index contributed by atoms with van der Waals surface area (Å²) in [6.07, 6.45) is 1.42. The third-order valence-electron chi connectivity index (χ3n) is 2.95. The van der Waals surface area contributed by atoms with Crippen LogP contribution in [0, 0.1) is 5.82 Å². The highest BCUT2D eigenvalue weighted by atomic mass is 35.5. The van der Waals surface area contributed by atoms with Gasteiger partial charge in [0.25, 0.3) is 0 Å². The summed E-state index contributed by atoms with van der Waals surface area (Å²) < 4.78 is 13.6. The minimum Gasteiger partial charge on any atom is -0.323 e. The Bertz CT molecular complexity index is 538. The number of aryl methyl sites for hydroxylation is 1. The van der Waals surface area contributed by atoms with Crippen LogP contribution in [0.2, 0.25) is 5.02 Å². The summed E-state index contributed by atoms with van der Waals surface area (Å²) in [4.78, 5) is 1.14. The maximum Gasteiger partial charge on any atom is 0.126 e. The second-order valence-electron chi connectivity index (χ2n) is 4.21. The minimum atomic E-state index is -0.246. The average Bonchev–Trinajstić information content (AvgIpc) is 2.82. The number of rotatable bonds is 4. The highest BCUT2D eigenvalue weighted by molar-refractivity contribution is 7.10. The average molecular weight is 284 g/mol. The van der Waals surface area contributed by atoms with Gasteiger partial charge in [-0.2, -0.15) is 0 Å². The zero-order valence-corrected chi connectivity index (χ0v) is 11.7. The zero-order chi connectivity index (χ0) is 13.1. The molecule has 0 saturated heterocycles. The molecule has 1 unspecified atom stereocenters. The quantitative estimate of drug-likeness (QED) is 0.887. The molecule has 0 bridgehead atoms. The molecule has 2 N–H and O–H groups in total. The van der Waals surface area contributed by atoms with E-state index in [2.05, 4.69) is 13.0 Å². The third kappa shape index (κ3) is 2.91. The molecule has 0 saturated carbocycles. The van der Waals surface area contributed by atoms with Crippen molar-refractivity contribution >= 4 is 22.9 Å². The molecule has 0 amide bonds. The summed E-state index contributed by atoms with van der Waals surface area (Å²) in [6.45, 7) is 2.10. The van der Waals surface area contributed by atoms with Crippen LogP contribution in [-0.2, 0) is 12.8 Å². The first-order valence-electron chi connectivity index (χ1n) is 5.87. The van der Waals surface area contributed by atoms with Gasteiger partial charge in [0.2, 0.25) is 0 Å². The summed E-state index contributed by atoms with van der Waals surface area (Å²) >= 11 is 7.51. The molecule has 1 atom stereocenters. The van der Waals surface area contributed by atoms with Crippen molar-refractivity contribution in [2.24, 2.45) is 5.73 Å². The van der Waals surface area contributed by atoms with E-state index in [0.29, 0.717) is 17.0 Å². The Kier molecular flexibility index (Phi) is 4.38. The van der Waals surface area contributed by atoms with E-state index in [1.54, 1.807) is 23.5 Å². The van der Waals surface area contributed by atoms with Crippen molar-refractivity contribution in [2.45, 2.75) is 25.8 Å². The molecule has 0 aliphatic carbocycles. The van der Waals surface area contributed by atoms with Gasteiger partial charge < -0.3 is 5.73 Å². The number of halogens is 2. The van der Waals surface area contributed by atoms with E-state index in [9.17, 15) is 4.39 Å². The molecule has 0 spiro atoms. The molecule has 96 valence electrons. The van der Waals surface area contributed by atoms with Crippen LogP contribution in [0.5, 0.6) is 0 Å². The highest BCUT2D eigenvalue weighted by Crippen LogP contribution is 2.27. The van der Waals surface area contributed by atoms with Crippen molar-refractivity contribution < 1.29 is 4.39 Å². The van der Waals surface area contributed by atoms with Crippen molar-refractivity contribution in [3.63, 3.8) is 0 Å². The van der Waals surface area contributed by atoms with E-state index < -0.39 is 0 Å². The molecule has 0 radical (unpaired) electrons.